The van der Waals surface area contributed by atoms with E-state index in [0.717, 1.165) is 11.3 Å². The van der Waals surface area contributed by atoms with Gasteiger partial charge in [-0.1, -0.05) is 0 Å². The molecular weight excluding hydrogens is 330 g/mol. The highest BCUT2D eigenvalue weighted by molar-refractivity contribution is 6.29. The number of nitrogens with one attached hydrogen (secondary N) is 1. The fourth-order valence-electron chi connectivity index (χ4n) is 4.39. The van der Waals surface area contributed by atoms with Crippen molar-refractivity contribution in [3.8, 4) is 5.75 Å². The van der Waals surface area contributed by atoms with Crippen LogP contribution in [0.1, 0.15) is 12.5 Å². The molecule has 2 fully saturated rings. The maximum Gasteiger partial charge on any atom is 0.773 e. The van der Waals surface area contributed by atoms with Crippen LogP contribution in [0.3, 0.4) is 0 Å². The van der Waals surface area contributed by atoms with Gasteiger partial charge in [0, 0.05) is 19.8 Å². The summed E-state index contributed by atoms with van der Waals surface area (Å²) in [5, 5.41) is 2.43. The van der Waals surface area contributed by atoms with Crippen LogP contribution in [0.5, 0.6) is 5.75 Å². The number of amides is 1. The molecule has 1 spiro atoms. The van der Waals surface area contributed by atoms with Crippen LogP contribution >= 0.6 is 0 Å². The first-order chi connectivity index (χ1) is 11.3. The Morgan fingerprint density at radius 1 is 1.42 bits per heavy atom. The van der Waals surface area contributed by atoms with Crippen LogP contribution in [0.2, 0.25) is 0 Å². The van der Waals surface area contributed by atoms with Gasteiger partial charge in [-0.05, 0) is 37.7 Å². The minimum atomic E-state index is -2.42. The van der Waals surface area contributed by atoms with Gasteiger partial charge in [0.2, 0.25) is 0 Å². The third-order valence-corrected chi connectivity index (χ3v) is 6.36. The standard InChI is InChI=1S/C15H19N3O5Si/c1-14-10-7-9(21-13(19)16-2)5-6-11(10)18(4)12(14)17(3)8-15(14)22-24(20)23-15/h5-7,12H,8H2,1-4H3,(H,16,19). The summed E-state index contributed by atoms with van der Waals surface area (Å²) in [4.78, 5) is 15.8. The number of benzene rings is 1. The van der Waals surface area contributed by atoms with Crippen molar-refractivity contribution >= 4 is 21.0 Å². The Bertz CT molecular complexity index is 749. The van der Waals surface area contributed by atoms with Gasteiger partial charge in [0.05, 0.1) is 12.7 Å². The first-order valence-electron chi connectivity index (χ1n) is 7.71. The van der Waals surface area contributed by atoms with Crippen LogP contribution in [0.4, 0.5) is 10.5 Å². The third-order valence-electron chi connectivity index (χ3n) is 5.37. The number of ether oxygens (including phenoxy) is 1. The number of carbonyl (C=O) groups excluding carboxylic acids is 1. The predicted molar refractivity (Wildman–Crippen MR) is 85.0 cm³/mol. The Morgan fingerprint density at radius 2 is 2.12 bits per heavy atom. The Hall–Kier alpha value is -2.13. The first kappa shape index (κ1) is 15.4. The summed E-state index contributed by atoms with van der Waals surface area (Å²) in [7, 11) is 3.08. The topological polar surface area (TPSA) is 80.3 Å². The second-order valence-electron chi connectivity index (χ2n) is 6.63. The molecule has 24 heavy (non-hydrogen) atoms. The van der Waals surface area contributed by atoms with Gasteiger partial charge in [0.15, 0.2) is 0 Å². The van der Waals surface area contributed by atoms with Crippen LogP contribution < -0.4 is 15.0 Å². The van der Waals surface area contributed by atoms with Gasteiger partial charge < -0.3 is 23.8 Å². The summed E-state index contributed by atoms with van der Waals surface area (Å²) in [6.07, 6.45) is -0.527. The highest BCUT2D eigenvalue weighted by Crippen LogP contribution is 2.59. The van der Waals surface area contributed by atoms with E-state index < -0.39 is 26.5 Å². The summed E-state index contributed by atoms with van der Waals surface area (Å²) in [6, 6.07) is 5.51. The van der Waals surface area contributed by atoms with E-state index in [0.29, 0.717) is 12.3 Å². The van der Waals surface area contributed by atoms with Crippen LogP contribution in [-0.2, 0) is 18.7 Å². The molecule has 1 N–H and O–H groups in total. The fraction of sp³-hybridized carbons (Fsp3) is 0.533. The van der Waals surface area contributed by atoms with Crippen LogP contribution in [0.15, 0.2) is 18.2 Å². The number of fused-ring (bicyclic) bond motifs is 4. The van der Waals surface area contributed by atoms with Crippen LogP contribution in [0.25, 0.3) is 0 Å². The van der Waals surface area contributed by atoms with Crippen molar-refractivity contribution in [3.63, 3.8) is 0 Å². The largest absolute Gasteiger partial charge is 0.773 e. The summed E-state index contributed by atoms with van der Waals surface area (Å²) in [5.74, 6) is -0.492. The molecule has 0 aliphatic carbocycles. The van der Waals surface area contributed by atoms with Crippen molar-refractivity contribution in [2.75, 3.05) is 32.6 Å². The van der Waals surface area contributed by atoms with E-state index in [9.17, 15) is 9.26 Å². The second kappa shape index (κ2) is 4.70. The van der Waals surface area contributed by atoms with Gasteiger partial charge in [-0.25, -0.2) is 4.79 Å². The van der Waals surface area contributed by atoms with E-state index in [4.69, 9.17) is 13.6 Å². The quantitative estimate of drug-likeness (QED) is 0.741. The lowest BCUT2D eigenvalue weighted by atomic mass is 9.77. The van der Waals surface area contributed by atoms with Gasteiger partial charge in [-0.2, -0.15) is 0 Å². The molecule has 0 bridgehead atoms. The molecule has 3 aliphatic rings. The van der Waals surface area contributed by atoms with E-state index in [1.807, 2.05) is 33.2 Å². The summed E-state index contributed by atoms with van der Waals surface area (Å²) in [5.41, 5.74) is 1.42. The van der Waals surface area contributed by atoms with E-state index in [1.54, 1.807) is 6.07 Å². The van der Waals surface area contributed by atoms with Crippen molar-refractivity contribution in [2.24, 2.45) is 0 Å². The molecular formula is C15H19N3O5Si. The molecule has 2 atom stereocenters. The van der Waals surface area contributed by atoms with E-state index in [-0.39, 0.29) is 6.17 Å². The first-order valence-corrected chi connectivity index (χ1v) is 8.94. The Balaban J connectivity index is 1.82. The summed E-state index contributed by atoms with van der Waals surface area (Å²) >= 11 is 0. The molecule has 3 aliphatic heterocycles. The molecule has 0 saturated carbocycles. The Labute approximate surface area is 141 Å². The zero-order valence-corrected chi connectivity index (χ0v) is 15.0. The molecule has 0 radical (unpaired) electrons. The Kier molecular flexibility index (Phi) is 3.01. The van der Waals surface area contributed by atoms with Crippen molar-refractivity contribution < 1.29 is 22.8 Å². The third kappa shape index (κ3) is 1.68. The molecule has 8 nitrogen and oxygen atoms in total. The molecule has 3 heterocycles. The lowest BCUT2D eigenvalue weighted by Crippen LogP contribution is -2.65. The zero-order chi connectivity index (χ0) is 17.3. The molecule has 9 heteroatoms. The molecule has 4 rings (SSSR count). The number of likely N-dealkylation sites (N-methyl/N-ethyl adjacent to an activating group) is 2. The second-order valence-corrected chi connectivity index (χ2v) is 7.54. The number of likely N-dealkylation sites (tertiary alicyclic amines) is 1. The molecule has 1 aromatic rings. The molecule has 1 amide bonds. The molecule has 128 valence electrons. The average Bonchev–Trinajstić information content (AvgIpc) is 2.88. The van der Waals surface area contributed by atoms with Crippen LogP contribution in [-0.4, -0.2) is 59.8 Å². The number of carbonyl (C=O) groups is 1. The molecule has 2 saturated heterocycles. The Morgan fingerprint density at radius 3 is 2.75 bits per heavy atom. The number of hydrogen-bond donors (Lipinski definition) is 1. The van der Waals surface area contributed by atoms with Crippen molar-refractivity contribution in [1.82, 2.24) is 10.2 Å². The molecule has 0 aromatic heterocycles. The van der Waals surface area contributed by atoms with Crippen LogP contribution in [0, 0.1) is 0 Å². The minimum Gasteiger partial charge on any atom is -0.456 e. The van der Waals surface area contributed by atoms with E-state index in [2.05, 4.69) is 15.1 Å². The SMILES string of the molecule is CNC(=O)Oc1ccc2c(c1)C1(C)C(N(C)CC13O[Si](=O)O3)N2C. The maximum absolute atomic E-state index is 11.6. The highest BCUT2D eigenvalue weighted by atomic mass is 28.3. The molecule has 1 aromatic carbocycles. The van der Waals surface area contributed by atoms with Gasteiger partial charge in [-0.3, -0.25) is 9.36 Å². The van der Waals surface area contributed by atoms with Gasteiger partial charge >= 0.3 is 15.3 Å². The van der Waals surface area contributed by atoms with Crippen molar-refractivity contribution in [3.05, 3.63) is 23.8 Å². The normalized spacial score (nSPS) is 29.4. The minimum absolute atomic E-state index is 0.00199. The summed E-state index contributed by atoms with van der Waals surface area (Å²) in [6.45, 7) is 2.57. The van der Waals surface area contributed by atoms with Crippen molar-refractivity contribution in [1.29, 1.82) is 0 Å². The van der Waals surface area contributed by atoms with E-state index in [1.165, 1.54) is 7.05 Å². The number of rotatable bonds is 1. The lowest BCUT2D eigenvalue weighted by Gasteiger charge is -2.47. The number of anilines is 1. The highest BCUT2D eigenvalue weighted by Gasteiger charge is 2.74. The number of nitrogens with zero attached hydrogens (tertiary/aromatic N) is 2. The smallest absolute Gasteiger partial charge is 0.456 e. The maximum atomic E-state index is 11.6. The lowest BCUT2D eigenvalue weighted by molar-refractivity contribution is -0.245. The van der Waals surface area contributed by atoms with Gasteiger partial charge in [0.25, 0.3) is 5.79 Å². The number of hydrogen-bond acceptors (Lipinski definition) is 7. The zero-order valence-electron chi connectivity index (χ0n) is 14.0. The monoisotopic (exact) mass is 349 g/mol. The van der Waals surface area contributed by atoms with Crippen molar-refractivity contribution in [2.45, 2.75) is 24.3 Å². The van der Waals surface area contributed by atoms with E-state index >= 15 is 0 Å². The average molecular weight is 349 g/mol. The fourth-order valence-corrected chi connectivity index (χ4v) is 5.50. The van der Waals surface area contributed by atoms with Gasteiger partial charge in [0.1, 0.15) is 11.2 Å². The summed E-state index contributed by atoms with van der Waals surface area (Å²) < 4.78 is 28.2. The van der Waals surface area contributed by atoms with Gasteiger partial charge in [-0.15, -0.1) is 0 Å². The molecule has 2 unspecified atom stereocenters. The predicted octanol–water partition coefficient (Wildman–Crippen LogP) is 0.542.